The van der Waals surface area contributed by atoms with Crippen LogP contribution in [0.15, 0.2) is 24.3 Å². The highest BCUT2D eigenvalue weighted by Crippen LogP contribution is 2.26. The third-order valence-electron chi connectivity index (χ3n) is 3.20. The molecule has 0 unspecified atom stereocenters. The van der Waals surface area contributed by atoms with Gasteiger partial charge < -0.3 is 9.57 Å². The van der Waals surface area contributed by atoms with Crippen LogP contribution in [-0.2, 0) is 4.79 Å². The molecule has 4 nitrogen and oxygen atoms in total. The van der Waals surface area contributed by atoms with Crippen molar-refractivity contribution in [2.24, 2.45) is 5.92 Å². The molecule has 1 aromatic carbocycles. The molecule has 1 aliphatic heterocycles. The molecule has 1 radical (unpaired) electrons. The van der Waals surface area contributed by atoms with Crippen LogP contribution in [0.25, 0.3) is 0 Å². The predicted octanol–water partition coefficient (Wildman–Crippen LogP) is 2.99. The molecular formula is C14H15F3NO3. The Morgan fingerprint density at radius 3 is 2.14 bits per heavy atom. The number of hydroxylamine groups is 2. The van der Waals surface area contributed by atoms with E-state index in [1.54, 1.807) is 5.06 Å². The fourth-order valence-corrected chi connectivity index (χ4v) is 2.12. The normalized spacial score (nSPS) is 17.5. The fourth-order valence-electron chi connectivity index (χ4n) is 2.12. The third kappa shape index (κ3) is 4.93. The molecule has 0 atom stereocenters. The van der Waals surface area contributed by atoms with Crippen molar-refractivity contribution in [2.75, 3.05) is 13.1 Å². The molecule has 2 rings (SSSR count). The van der Waals surface area contributed by atoms with E-state index in [1.165, 1.54) is 24.3 Å². The first-order valence-electron chi connectivity index (χ1n) is 6.48. The van der Waals surface area contributed by atoms with Gasteiger partial charge in [-0.3, -0.25) is 4.79 Å². The molecule has 0 aromatic heterocycles. The second kappa shape index (κ2) is 6.34. The first-order valence-corrected chi connectivity index (χ1v) is 6.48. The Kier molecular flexibility index (Phi) is 4.72. The van der Waals surface area contributed by atoms with E-state index in [-0.39, 0.29) is 17.5 Å². The number of nitrogens with zero attached hydrogens (tertiary/aromatic N) is 1. The minimum Gasteiger partial charge on any atom is -0.406 e. The molecule has 1 heterocycles. The molecule has 1 saturated heterocycles. The van der Waals surface area contributed by atoms with Crippen LogP contribution in [0.3, 0.4) is 0 Å². The van der Waals surface area contributed by atoms with Gasteiger partial charge in [-0.05, 0) is 37.1 Å². The van der Waals surface area contributed by atoms with Gasteiger partial charge in [-0.1, -0.05) is 0 Å². The van der Waals surface area contributed by atoms with Crippen molar-refractivity contribution < 1.29 is 27.5 Å². The lowest BCUT2D eigenvalue weighted by atomic mass is 9.94. The summed E-state index contributed by atoms with van der Waals surface area (Å²) < 4.78 is 39.8. The summed E-state index contributed by atoms with van der Waals surface area (Å²) in [4.78, 5) is 16.7. The number of halogens is 3. The van der Waals surface area contributed by atoms with E-state index < -0.39 is 6.36 Å². The van der Waals surface area contributed by atoms with Crippen molar-refractivity contribution >= 4 is 5.78 Å². The Morgan fingerprint density at radius 1 is 1.14 bits per heavy atom. The zero-order chi connectivity index (χ0) is 15.5. The van der Waals surface area contributed by atoms with Crippen molar-refractivity contribution in [3.63, 3.8) is 0 Å². The van der Waals surface area contributed by atoms with Crippen molar-refractivity contribution in [3.8, 4) is 11.5 Å². The molecule has 1 aliphatic rings. The van der Waals surface area contributed by atoms with Gasteiger partial charge >= 0.3 is 6.36 Å². The van der Waals surface area contributed by atoms with E-state index in [2.05, 4.69) is 11.7 Å². The van der Waals surface area contributed by atoms with E-state index in [1.807, 2.05) is 0 Å². The maximum absolute atomic E-state index is 12.0. The average molecular weight is 302 g/mol. The lowest BCUT2D eigenvalue weighted by Gasteiger charge is -2.30. The van der Waals surface area contributed by atoms with Gasteiger partial charge in [-0.25, -0.2) is 0 Å². The standard InChI is InChI=1S/C14H15F3NO3/c1-10(19)11-6-8-18(9-7-11)21-13-4-2-12(3-5-13)20-14(15,16)17/h2-5,11H,1,6-9H2. The van der Waals surface area contributed by atoms with Gasteiger partial charge in [-0.2, -0.15) is 0 Å². The summed E-state index contributed by atoms with van der Waals surface area (Å²) in [7, 11) is 0. The quantitative estimate of drug-likeness (QED) is 0.857. The summed E-state index contributed by atoms with van der Waals surface area (Å²) in [6, 6.07) is 5.18. The summed E-state index contributed by atoms with van der Waals surface area (Å²) >= 11 is 0. The Balaban J connectivity index is 1.85. The van der Waals surface area contributed by atoms with E-state index in [0.717, 1.165) is 0 Å². The zero-order valence-corrected chi connectivity index (χ0v) is 11.2. The lowest BCUT2D eigenvalue weighted by Crippen LogP contribution is -2.38. The van der Waals surface area contributed by atoms with Gasteiger partial charge in [0.15, 0.2) is 0 Å². The zero-order valence-electron chi connectivity index (χ0n) is 11.2. The molecule has 0 spiro atoms. The second-order valence-corrected chi connectivity index (χ2v) is 4.78. The number of piperidine rings is 1. The number of rotatable bonds is 4. The number of benzene rings is 1. The molecule has 0 saturated carbocycles. The first kappa shape index (κ1) is 15.6. The number of hydrogen-bond donors (Lipinski definition) is 0. The molecule has 0 N–H and O–H groups in total. The number of hydrogen-bond acceptors (Lipinski definition) is 4. The van der Waals surface area contributed by atoms with Crippen LogP contribution < -0.4 is 9.57 Å². The van der Waals surface area contributed by atoms with Crippen LogP contribution in [0.1, 0.15) is 12.8 Å². The summed E-state index contributed by atoms with van der Waals surface area (Å²) in [6.07, 6.45) is -3.37. The number of alkyl halides is 3. The SMILES string of the molecule is [CH2]C(=O)C1CCN(Oc2ccc(OC(F)(F)F)cc2)CC1. The van der Waals surface area contributed by atoms with Crippen LogP contribution in [0.2, 0.25) is 0 Å². The summed E-state index contributed by atoms with van der Waals surface area (Å²) in [5, 5.41) is 1.68. The van der Waals surface area contributed by atoms with Gasteiger partial charge in [0.05, 0.1) is 0 Å². The molecule has 115 valence electrons. The fraction of sp³-hybridized carbons (Fsp3) is 0.429. The van der Waals surface area contributed by atoms with E-state index in [0.29, 0.717) is 31.7 Å². The van der Waals surface area contributed by atoms with Gasteiger partial charge in [0.1, 0.15) is 17.3 Å². The maximum atomic E-state index is 12.0. The highest BCUT2D eigenvalue weighted by atomic mass is 19.4. The molecule has 1 aromatic rings. The molecule has 1 fully saturated rings. The van der Waals surface area contributed by atoms with Crippen molar-refractivity contribution in [2.45, 2.75) is 19.2 Å². The molecule has 0 bridgehead atoms. The van der Waals surface area contributed by atoms with Gasteiger partial charge in [-0.15, -0.1) is 18.2 Å². The summed E-state index contributed by atoms with van der Waals surface area (Å²) in [6.45, 7) is 4.56. The van der Waals surface area contributed by atoms with Crippen molar-refractivity contribution in [1.82, 2.24) is 5.06 Å². The highest BCUT2D eigenvalue weighted by molar-refractivity contribution is 5.84. The average Bonchev–Trinajstić information content (AvgIpc) is 2.40. The monoisotopic (exact) mass is 302 g/mol. The van der Waals surface area contributed by atoms with Crippen LogP contribution in [0, 0.1) is 12.8 Å². The Morgan fingerprint density at radius 2 is 1.67 bits per heavy atom. The van der Waals surface area contributed by atoms with E-state index >= 15 is 0 Å². The molecular weight excluding hydrogens is 287 g/mol. The Bertz CT molecular complexity index is 479. The van der Waals surface area contributed by atoms with Crippen LogP contribution in [0.5, 0.6) is 11.5 Å². The molecule has 0 amide bonds. The van der Waals surface area contributed by atoms with Gasteiger partial charge in [0, 0.05) is 25.9 Å². The summed E-state index contributed by atoms with van der Waals surface area (Å²) in [5.41, 5.74) is 0. The minimum absolute atomic E-state index is 0.0348. The van der Waals surface area contributed by atoms with Crippen molar-refractivity contribution in [1.29, 1.82) is 0 Å². The number of ketones is 1. The lowest BCUT2D eigenvalue weighted by molar-refractivity contribution is -0.274. The third-order valence-corrected chi connectivity index (χ3v) is 3.20. The smallest absolute Gasteiger partial charge is 0.406 e. The van der Waals surface area contributed by atoms with E-state index in [9.17, 15) is 18.0 Å². The summed E-state index contributed by atoms with van der Waals surface area (Å²) in [5.74, 6) is 0.0239. The number of carbonyl (C=O) groups excluding carboxylic acids is 1. The second-order valence-electron chi connectivity index (χ2n) is 4.78. The predicted molar refractivity (Wildman–Crippen MR) is 68.4 cm³/mol. The van der Waals surface area contributed by atoms with Crippen LogP contribution >= 0.6 is 0 Å². The number of carbonyl (C=O) groups is 1. The van der Waals surface area contributed by atoms with Crippen molar-refractivity contribution in [3.05, 3.63) is 31.2 Å². The van der Waals surface area contributed by atoms with Gasteiger partial charge in [0.2, 0.25) is 0 Å². The maximum Gasteiger partial charge on any atom is 0.573 e. The van der Waals surface area contributed by atoms with Gasteiger partial charge in [0.25, 0.3) is 0 Å². The Hall–Kier alpha value is -1.76. The largest absolute Gasteiger partial charge is 0.573 e. The molecule has 0 aliphatic carbocycles. The Labute approximate surface area is 120 Å². The molecule has 21 heavy (non-hydrogen) atoms. The van der Waals surface area contributed by atoms with E-state index in [4.69, 9.17) is 4.84 Å². The minimum atomic E-state index is -4.70. The topological polar surface area (TPSA) is 38.8 Å². The highest BCUT2D eigenvalue weighted by Gasteiger charge is 2.31. The molecule has 7 heteroatoms. The van der Waals surface area contributed by atoms with Crippen LogP contribution in [-0.4, -0.2) is 30.3 Å². The van der Waals surface area contributed by atoms with Crippen LogP contribution in [0.4, 0.5) is 13.2 Å². The first-order chi connectivity index (χ1) is 9.83. The number of ether oxygens (including phenoxy) is 1. The number of Topliss-reactive ketones (excluding diaryl/α,β-unsaturated/α-hetero) is 1.